The number of aryl methyl sites for hydroxylation is 1. The first-order valence-corrected chi connectivity index (χ1v) is 10.1. The Hall–Kier alpha value is -3.28. The molecule has 1 aliphatic rings. The number of nitrogens with zero attached hydrogens (tertiary/aromatic N) is 3. The molecule has 1 aliphatic heterocycles. The average molecular weight is 390 g/mol. The quantitative estimate of drug-likeness (QED) is 0.682. The lowest BCUT2D eigenvalue weighted by Crippen LogP contribution is -2.38. The Labute approximate surface area is 170 Å². The van der Waals surface area contributed by atoms with Crippen molar-refractivity contribution in [2.45, 2.75) is 26.8 Å². The summed E-state index contributed by atoms with van der Waals surface area (Å²) in [5, 5.41) is 4.15. The molecule has 0 unspecified atom stereocenters. The summed E-state index contributed by atoms with van der Waals surface area (Å²) in [7, 11) is 0. The standard InChI is InChI=1S/C23H26N4O2/c1-3-26-16-19(18-8-7-13-24-22(18)26)17-11-14-27(15-12-17)23(28)25-20-9-5-6-10-21(20)29-4-2/h5-11,13,16H,3-4,12,14-15H2,1-2H3,(H,25,28). The van der Waals surface area contributed by atoms with Gasteiger partial charge in [-0.3, -0.25) is 0 Å². The Balaban J connectivity index is 1.50. The lowest BCUT2D eigenvalue weighted by molar-refractivity contribution is 0.217. The molecule has 0 radical (unpaired) electrons. The molecule has 1 N–H and O–H groups in total. The smallest absolute Gasteiger partial charge is 0.322 e. The Morgan fingerprint density at radius 3 is 2.83 bits per heavy atom. The summed E-state index contributed by atoms with van der Waals surface area (Å²) in [6.45, 7) is 6.75. The van der Waals surface area contributed by atoms with E-state index in [1.54, 1.807) is 0 Å². The van der Waals surface area contributed by atoms with Gasteiger partial charge >= 0.3 is 6.03 Å². The van der Waals surface area contributed by atoms with Crippen molar-refractivity contribution in [1.82, 2.24) is 14.5 Å². The van der Waals surface area contributed by atoms with Gasteiger partial charge in [-0.15, -0.1) is 0 Å². The molecule has 4 rings (SSSR count). The van der Waals surface area contributed by atoms with Crippen molar-refractivity contribution in [1.29, 1.82) is 0 Å². The second kappa shape index (κ2) is 8.39. The number of hydrogen-bond donors (Lipinski definition) is 1. The second-order valence-corrected chi connectivity index (χ2v) is 6.99. The number of ether oxygens (including phenoxy) is 1. The van der Waals surface area contributed by atoms with Crippen LogP contribution in [-0.4, -0.2) is 40.2 Å². The predicted molar refractivity (Wildman–Crippen MR) is 116 cm³/mol. The third-order valence-electron chi connectivity index (χ3n) is 5.25. The number of pyridine rings is 1. The molecule has 29 heavy (non-hydrogen) atoms. The fourth-order valence-corrected chi connectivity index (χ4v) is 3.76. The molecule has 0 saturated carbocycles. The molecule has 0 fully saturated rings. The largest absolute Gasteiger partial charge is 0.492 e. The number of carbonyl (C=O) groups is 1. The maximum Gasteiger partial charge on any atom is 0.322 e. The minimum absolute atomic E-state index is 0.106. The third-order valence-corrected chi connectivity index (χ3v) is 5.25. The topological polar surface area (TPSA) is 59.4 Å². The number of hydrogen-bond acceptors (Lipinski definition) is 3. The number of benzene rings is 1. The number of para-hydroxylation sites is 2. The van der Waals surface area contributed by atoms with Crippen LogP contribution in [0.2, 0.25) is 0 Å². The Morgan fingerprint density at radius 1 is 1.21 bits per heavy atom. The zero-order valence-corrected chi connectivity index (χ0v) is 16.9. The molecular weight excluding hydrogens is 364 g/mol. The van der Waals surface area contributed by atoms with Crippen LogP contribution in [0, 0.1) is 0 Å². The number of nitrogens with one attached hydrogen (secondary N) is 1. The number of rotatable bonds is 5. The van der Waals surface area contributed by atoms with Crippen LogP contribution in [0.3, 0.4) is 0 Å². The monoisotopic (exact) mass is 390 g/mol. The highest BCUT2D eigenvalue weighted by molar-refractivity contribution is 5.93. The number of urea groups is 1. The summed E-state index contributed by atoms with van der Waals surface area (Å²) >= 11 is 0. The zero-order valence-electron chi connectivity index (χ0n) is 16.9. The molecular formula is C23H26N4O2. The normalized spacial score (nSPS) is 14.0. The van der Waals surface area contributed by atoms with Gasteiger partial charge < -0.3 is 19.5 Å². The highest BCUT2D eigenvalue weighted by Crippen LogP contribution is 2.30. The molecule has 150 valence electrons. The molecule has 0 saturated heterocycles. The van der Waals surface area contributed by atoms with Gasteiger partial charge in [0.25, 0.3) is 0 Å². The summed E-state index contributed by atoms with van der Waals surface area (Å²) in [5.41, 5.74) is 4.20. The van der Waals surface area contributed by atoms with E-state index in [0.29, 0.717) is 31.1 Å². The van der Waals surface area contributed by atoms with E-state index in [9.17, 15) is 4.79 Å². The van der Waals surface area contributed by atoms with Gasteiger partial charge in [-0.25, -0.2) is 9.78 Å². The fraction of sp³-hybridized carbons (Fsp3) is 0.304. The van der Waals surface area contributed by atoms with E-state index in [2.05, 4.69) is 40.1 Å². The summed E-state index contributed by atoms with van der Waals surface area (Å²) in [5.74, 6) is 0.691. The van der Waals surface area contributed by atoms with E-state index < -0.39 is 0 Å². The van der Waals surface area contributed by atoms with Crippen LogP contribution in [0.4, 0.5) is 10.5 Å². The number of fused-ring (bicyclic) bond motifs is 1. The van der Waals surface area contributed by atoms with Gasteiger partial charge in [-0.2, -0.15) is 0 Å². The van der Waals surface area contributed by atoms with E-state index in [1.807, 2.05) is 48.4 Å². The minimum Gasteiger partial charge on any atom is -0.492 e. The van der Waals surface area contributed by atoms with Crippen molar-refractivity contribution >= 4 is 28.3 Å². The van der Waals surface area contributed by atoms with Crippen LogP contribution in [0.15, 0.2) is 54.9 Å². The molecule has 0 atom stereocenters. The van der Waals surface area contributed by atoms with Crippen molar-refractivity contribution in [3.63, 3.8) is 0 Å². The maximum absolute atomic E-state index is 12.7. The second-order valence-electron chi connectivity index (χ2n) is 6.99. The van der Waals surface area contributed by atoms with Gasteiger partial charge in [-0.1, -0.05) is 18.2 Å². The van der Waals surface area contributed by atoms with Crippen molar-refractivity contribution in [3.8, 4) is 5.75 Å². The van der Waals surface area contributed by atoms with E-state index in [0.717, 1.165) is 18.6 Å². The number of carbonyl (C=O) groups excluding carboxylic acids is 1. The van der Waals surface area contributed by atoms with Gasteiger partial charge in [0.05, 0.1) is 12.3 Å². The summed E-state index contributed by atoms with van der Waals surface area (Å²) in [4.78, 5) is 19.1. The van der Waals surface area contributed by atoms with Gasteiger partial charge in [0.1, 0.15) is 11.4 Å². The summed E-state index contributed by atoms with van der Waals surface area (Å²) in [6.07, 6.45) is 6.98. The Kier molecular flexibility index (Phi) is 5.51. The summed E-state index contributed by atoms with van der Waals surface area (Å²) in [6, 6.07) is 11.5. The first kappa shape index (κ1) is 19.1. The molecule has 0 aliphatic carbocycles. The zero-order chi connectivity index (χ0) is 20.2. The van der Waals surface area contributed by atoms with E-state index >= 15 is 0 Å². The molecule has 6 heteroatoms. The molecule has 1 aromatic carbocycles. The highest BCUT2D eigenvalue weighted by atomic mass is 16.5. The predicted octanol–water partition coefficient (Wildman–Crippen LogP) is 4.78. The Bertz CT molecular complexity index is 1050. The van der Waals surface area contributed by atoms with Gasteiger partial charge in [0.2, 0.25) is 0 Å². The summed E-state index contributed by atoms with van der Waals surface area (Å²) < 4.78 is 7.78. The van der Waals surface area contributed by atoms with Crippen LogP contribution in [-0.2, 0) is 6.54 Å². The lowest BCUT2D eigenvalue weighted by Gasteiger charge is -2.27. The first-order chi connectivity index (χ1) is 14.2. The van der Waals surface area contributed by atoms with Crippen LogP contribution < -0.4 is 10.1 Å². The van der Waals surface area contributed by atoms with Crippen molar-refractivity contribution in [2.24, 2.45) is 0 Å². The van der Waals surface area contributed by atoms with E-state index in [-0.39, 0.29) is 6.03 Å². The lowest BCUT2D eigenvalue weighted by atomic mass is 10.00. The molecule has 2 amide bonds. The molecule has 3 heterocycles. The van der Waals surface area contributed by atoms with Crippen molar-refractivity contribution < 1.29 is 9.53 Å². The van der Waals surface area contributed by atoms with Gasteiger partial charge in [-0.05, 0) is 50.1 Å². The van der Waals surface area contributed by atoms with E-state index in [1.165, 1.54) is 16.5 Å². The number of anilines is 1. The maximum atomic E-state index is 12.7. The van der Waals surface area contributed by atoms with Crippen LogP contribution in [0.25, 0.3) is 16.6 Å². The van der Waals surface area contributed by atoms with Crippen molar-refractivity contribution in [3.05, 3.63) is 60.4 Å². The van der Waals surface area contributed by atoms with Gasteiger partial charge in [0.15, 0.2) is 0 Å². The molecule has 3 aromatic rings. The third kappa shape index (κ3) is 3.83. The number of amides is 2. The molecule has 2 aromatic heterocycles. The fourth-order valence-electron chi connectivity index (χ4n) is 3.76. The Morgan fingerprint density at radius 2 is 2.07 bits per heavy atom. The first-order valence-electron chi connectivity index (χ1n) is 10.1. The highest BCUT2D eigenvalue weighted by Gasteiger charge is 2.21. The van der Waals surface area contributed by atoms with Crippen molar-refractivity contribution in [2.75, 3.05) is 25.0 Å². The average Bonchev–Trinajstić information content (AvgIpc) is 3.14. The molecule has 6 nitrogen and oxygen atoms in total. The molecule has 0 spiro atoms. The van der Waals surface area contributed by atoms with Crippen LogP contribution in [0.1, 0.15) is 25.8 Å². The van der Waals surface area contributed by atoms with Crippen LogP contribution >= 0.6 is 0 Å². The van der Waals surface area contributed by atoms with Crippen LogP contribution in [0.5, 0.6) is 5.75 Å². The van der Waals surface area contributed by atoms with Gasteiger partial charge in [0, 0.05) is 43.0 Å². The number of aromatic nitrogens is 2. The minimum atomic E-state index is -0.106. The SMILES string of the molecule is CCOc1ccccc1NC(=O)N1CC=C(c2cn(CC)c3ncccc23)CC1. The van der Waals surface area contributed by atoms with E-state index in [4.69, 9.17) is 4.74 Å². The molecule has 0 bridgehead atoms.